The summed E-state index contributed by atoms with van der Waals surface area (Å²) in [6.45, 7) is 0. The summed E-state index contributed by atoms with van der Waals surface area (Å²) in [6.07, 6.45) is 0. The van der Waals surface area contributed by atoms with Crippen LogP contribution in [0.25, 0.3) is 11.0 Å². The van der Waals surface area contributed by atoms with Gasteiger partial charge in [-0.3, -0.25) is 20.4 Å². The molecule has 7 nitrogen and oxygen atoms in total. The maximum absolute atomic E-state index is 12.2. The lowest BCUT2D eigenvalue weighted by Gasteiger charge is -2.06. The van der Waals surface area contributed by atoms with E-state index in [1.54, 1.807) is 30.0 Å². The molecule has 3 N–H and O–H groups in total. The molecule has 0 aliphatic carbocycles. The number of rotatable bonds is 5. The maximum atomic E-state index is 12.2. The molecule has 2 heterocycles. The van der Waals surface area contributed by atoms with E-state index < -0.39 is 11.8 Å². The van der Waals surface area contributed by atoms with E-state index in [-0.39, 0.29) is 5.76 Å². The van der Waals surface area contributed by atoms with Crippen LogP contribution in [0, 0.1) is 0 Å². The molecule has 0 saturated carbocycles. The van der Waals surface area contributed by atoms with Crippen molar-refractivity contribution >= 4 is 50.5 Å². The summed E-state index contributed by atoms with van der Waals surface area (Å²) in [4.78, 5) is 31.9. The standard InChI is InChI=1S/C20H15BrN4O3S/c21-17-10-9-16(28-17)19(27)25-24-18(26)13-7-5-12(6-8-13)11-29-20-22-14-3-1-2-4-15(14)23-20/h1-10H,11H2,(H,22,23)(H,24,26)(H,25,27). The summed E-state index contributed by atoms with van der Waals surface area (Å²) in [7, 11) is 0. The van der Waals surface area contributed by atoms with Gasteiger partial charge in [0, 0.05) is 11.3 Å². The highest BCUT2D eigenvalue weighted by atomic mass is 79.9. The Kier molecular flexibility index (Phi) is 5.68. The zero-order valence-electron chi connectivity index (χ0n) is 14.9. The molecule has 0 unspecified atom stereocenters. The number of halogens is 1. The van der Waals surface area contributed by atoms with E-state index in [1.807, 2.05) is 36.4 Å². The van der Waals surface area contributed by atoms with E-state index in [4.69, 9.17) is 4.42 Å². The molecule has 9 heteroatoms. The van der Waals surface area contributed by atoms with Crippen LogP contribution < -0.4 is 10.9 Å². The normalized spacial score (nSPS) is 10.8. The van der Waals surface area contributed by atoms with Crippen LogP contribution in [0.2, 0.25) is 0 Å². The second-order valence-corrected chi connectivity index (χ2v) is 7.80. The van der Waals surface area contributed by atoms with Crippen LogP contribution in [0.5, 0.6) is 0 Å². The molecule has 4 rings (SSSR count). The SMILES string of the molecule is O=C(NNC(=O)c1ccc(Br)o1)c1ccc(CSc2nc3ccccc3[nH]2)cc1. The molecule has 0 atom stereocenters. The van der Waals surface area contributed by atoms with Crippen molar-refractivity contribution in [3.63, 3.8) is 0 Å². The van der Waals surface area contributed by atoms with Crippen molar-refractivity contribution in [2.45, 2.75) is 10.9 Å². The molecule has 146 valence electrons. The molecule has 2 aromatic heterocycles. The smallest absolute Gasteiger partial charge is 0.305 e. The van der Waals surface area contributed by atoms with Gasteiger partial charge in [0.05, 0.1) is 11.0 Å². The maximum Gasteiger partial charge on any atom is 0.305 e. The number of aromatic nitrogens is 2. The molecule has 0 radical (unpaired) electrons. The first-order chi connectivity index (χ1) is 14.1. The Morgan fingerprint density at radius 3 is 2.48 bits per heavy atom. The van der Waals surface area contributed by atoms with Crippen LogP contribution in [0.1, 0.15) is 26.5 Å². The number of furan rings is 1. The number of H-pyrrole nitrogens is 1. The fraction of sp³-hybridized carbons (Fsp3) is 0.0500. The third kappa shape index (κ3) is 4.69. The molecule has 0 bridgehead atoms. The minimum atomic E-state index is -0.539. The first kappa shape index (κ1) is 19.3. The van der Waals surface area contributed by atoms with Crippen LogP contribution >= 0.6 is 27.7 Å². The van der Waals surface area contributed by atoms with Gasteiger partial charge in [0.25, 0.3) is 5.91 Å². The van der Waals surface area contributed by atoms with E-state index in [9.17, 15) is 9.59 Å². The van der Waals surface area contributed by atoms with Gasteiger partial charge in [-0.25, -0.2) is 4.98 Å². The van der Waals surface area contributed by atoms with Gasteiger partial charge in [-0.2, -0.15) is 0 Å². The molecule has 0 saturated heterocycles. The van der Waals surface area contributed by atoms with Crippen LogP contribution in [-0.4, -0.2) is 21.8 Å². The molecule has 0 aliphatic heterocycles. The molecule has 0 fully saturated rings. The van der Waals surface area contributed by atoms with Gasteiger partial charge < -0.3 is 9.40 Å². The van der Waals surface area contributed by atoms with Gasteiger partial charge in [0.2, 0.25) is 0 Å². The highest BCUT2D eigenvalue weighted by molar-refractivity contribution is 9.10. The second kappa shape index (κ2) is 8.54. The minimum Gasteiger partial charge on any atom is -0.444 e. The number of hydrogen-bond donors (Lipinski definition) is 3. The Hall–Kier alpha value is -3.04. The van der Waals surface area contributed by atoms with Gasteiger partial charge in [-0.15, -0.1) is 0 Å². The number of imidazole rings is 1. The van der Waals surface area contributed by atoms with Crippen LogP contribution in [0.4, 0.5) is 0 Å². The molecular weight excluding hydrogens is 456 g/mol. The predicted molar refractivity (Wildman–Crippen MR) is 113 cm³/mol. The van der Waals surface area contributed by atoms with E-state index in [1.165, 1.54) is 6.07 Å². The zero-order valence-corrected chi connectivity index (χ0v) is 17.3. The number of nitrogens with one attached hydrogen (secondary N) is 3. The number of hydrogen-bond acceptors (Lipinski definition) is 5. The summed E-state index contributed by atoms with van der Waals surface area (Å²) in [5.41, 5.74) is 8.11. The second-order valence-electron chi connectivity index (χ2n) is 6.06. The number of thioether (sulfide) groups is 1. The first-order valence-corrected chi connectivity index (χ1v) is 10.4. The van der Waals surface area contributed by atoms with Crippen molar-refractivity contribution in [3.05, 3.63) is 82.2 Å². The number of carbonyl (C=O) groups excluding carboxylic acids is 2. The lowest BCUT2D eigenvalue weighted by molar-refractivity contribution is 0.0830. The summed E-state index contributed by atoms with van der Waals surface area (Å²) in [5.74, 6) is -0.148. The lowest BCUT2D eigenvalue weighted by Crippen LogP contribution is -2.41. The van der Waals surface area contributed by atoms with Crippen LogP contribution in [0.15, 0.2) is 74.9 Å². The van der Waals surface area contributed by atoms with Crippen LogP contribution in [-0.2, 0) is 5.75 Å². The molecule has 2 aromatic carbocycles. The Labute approximate surface area is 178 Å². The van der Waals surface area contributed by atoms with Crippen molar-refractivity contribution in [2.75, 3.05) is 0 Å². The molecule has 2 amide bonds. The van der Waals surface area contributed by atoms with Crippen molar-refractivity contribution < 1.29 is 14.0 Å². The topological polar surface area (TPSA) is 100 Å². The Bertz CT molecular complexity index is 1140. The molecule has 0 aliphatic rings. The number of nitrogens with zero attached hydrogens (tertiary/aromatic N) is 1. The van der Waals surface area contributed by atoms with Gasteiger partial charge in [-0.05, 0) is 57.9 Å². The summed E-state index contributed by atoms with van der Waals surface area (Å²) >= 11 is 4.71. The van der Waals surface area contributed by atoms with E-state index in [0.29, 0.717) is 16.0 Å². The third-order valence-electron chi connectivity index (χ3n) is 4.05. The quantitative estimate of drug-likeness (QED) is 0.298. The molecule has 29 heavy (non-hydrogen) atoms. The first-order valence-electron chi connectivity index (χ1n) is 8.61. The summed E-state index contributed by atoms with van der Waals surface area (Å²) in [6, 6.07) is 18.1. The van der Waals surface area contributed by atoms with E-state index >= 15 is 0 Å². The number of amides is 2. The summed E-state index contributed by atoms with van der Waals surface area (Å²) < 4.78 is 5.56. The Morgan fingerprint density at radius 2 is 1.76 bits per heavy atom. The van der Waals surface area contributed by atoms with Gasteiger partial charge in [-0.1, -0.05) is 36.0 Å². The fourth-order valence-corrected chi connectivity index (χ4v) is 3.73. The number of benzene rings is 2. The molecule has 0 spiro atoms. The predicted octanol–water partition coefficient (Wildman–Crippen LogP) is 4.29. The lowest BCUT2D eigenvalue weighted by atomic mass is 10.1. The highest BCUT2D eigenvalue weighted by Crippen LogP contribution is 2.23. The minimum absolute atomic E-state index is 0.0927. The van der Waals surface area contributed by atoms with Gasteiger partial charge in [0.1, 0.15) is 0 Å². The Morgan fingerprint density at radius 1 is 1.00 bits per heavy atom. The number of hydrazine groups is 1. The van der Waals surface area contributed by atoms with Crippen molar-refractivity contribution in [1.29, 1.82) is 0 Å². The number of para-hydroxylation sites is 2. The van der Waals surface area contributed by atoms with Crippen molar-refractivity contribution in [3.8, 4) is 0 Å². The van der Waals surface area contributed by atoms with Crippen molar-refractivity contribution in [1.82, 2.24) is 20.8 Å². The number of fused-ring (bicyclic) bond motifs is 1. The fourth-order valence-electron chi connectivity index (χ4n) is 2.59. The van der Waals surface area contributed by atoms with Gasteiger partial charge in [0.15, 0.2) is 15.6 Å². The number of carbonyl (C=O) groups is 2. The summed E-state index contributed by atoms with van der Waals surface area (Å²) in [5, 5.41) is 0.847. The third-order valence-corrected chi connectivity index (χ3v) is 5.42. The Balaban J connectivity index is 1.31. The molecular formula is C20H15BrN4O3S. The average Bonchev–Trinajstić information content (AvgIpc) is 3.36. The zero-order chi connectivity index (χ0) is 20.2. The van der Waals surface area contributed by atoms with E-state index in [0.717, 1.165) is 21.8 Å². The van der Waals surface area contributed by atoms with Gasteiger partial charge >= 0.3 is 5.91 Å². The number of aromatic amines is 1. The monoisotopic (exact) mass is 470 g/mol. The average molecular weight is 471 g/mol. The molecule has 4 aromatic rings. The van der Waals surface area contributed by atoms with Crippen molar-refractivity contribution in [2.24, 2.45) is 0 Å². The highest BCUT2D eigenvalue weighted by Gasteiger charge is 2.12. The largest absolute Gasteiger partial charge is 0.444 e. The van der Waals surface area contributed by atoms with Crippen LogP contribution in [0.3, 0.4) is 0 Å². The van der Waals surface area contributed by atoms with E-state index in [2.05, 4.69) is 36.7 Å².